The number of nitrogens with one attached hydrogen (secondary N) is 1. The number of amides is 1. The molecule has 7 nitrogen and oxygen atoms in total. The van der Waals surface area contributed by atoms with Gasteiger partial charge in [0.2, 0.25) is 0 Å². The molecule has 5 rings (SSSR count). The maximum atomic E-state index is 15.0. The number of benzene rings is 1. The molecule has 188 valence electrons. The van der Waals surface area contributed by atoms with Crippen LogP contribution in [0.4, 0.5) is 19.0 Å². The van der Waals surface area contributed by atoms with Crippen LogP contribution < -0.4 is 15.0 Å². The predicted octanol–water partition coefficient (Wildman–Crippen LogP) is 3.43. The smallest absolute Gasteiger partial charge is 0.264 e. The summed E-state index contributed by atoms with van der Waals surface area (Å²) in [5.74, 6) is -0.780. The van der Waals surface area contributed by atoms with Crippen LogP contribution >= 0.6 is 11.6 Å². The molecular formula is C24H27ClF3N5O2. The van der Waals surface area contributed by atoms with Crippen molar-refractivity contribution in [3.05, 3.63) is 40.2 Å². The van der Waals surface area contributed by atoms with E-state index in [0.29, 0.717) is 39.3 Å². The summed E-state index contributed by atoms with van der Waals surface area (Å²) in [6.07, 6.45) is -2.94. The summed E-state index contributed by atoms with van der Waals surface area (Å²) < 4.78 is 48.9. The fourth-order valence-electron chi connectivity index (χ4n) is 5.16. The zero-order chi connectivity index (χ0) is 24.9. The Morgan fingerprint density at radius 3 is 2.74 bits per heavy atom. The van der Waals surface area contributed by atoms with Crippen molar-refractivity contribution in [3.63, 3.8) is 0 Å². The van der Waals surface area contributed by atoms with Crippen molar-refractivity contribution in [2.75, 3.05) is 57.8 Å². The molecule has 0 radical (unpaired) electrons. The Bertz CT molecular complexity index is 1150. The van der Waals surface area contributed by atoms with Gasteiger partial charge in [-0.05, 0) is 20.0 Å². The van der Waals surface area contributed by atoms with Crippen molar-refractivity contribution < 1.29 is 22.7 Å². The fourth-order valence-corrected chi connectivity index (χ4v) is 5.44. The quantitative estimate of drug-likeness (QED) is 0.684. The van der Waals surface area contributed by atoms with E-state index in [1.54, 1.807) is 4.90 Å². The molecule has 0 spiro atoms. The van der Waals surface area contributed by atoms with E-state index in [0.717, 1.165) is 12.1 Å². The van der Waals surface area contributed by atoms with Crippen LogP contribution in [0.2, 0.25) is 5.02 Å². The number of halogens is 4. The minimum Gasteiger partial charge on any atom is -0.489 e. The second kappa shape index (κ2) is 9.48. The molecule has 0 bridgehead atoms. The summed E-state index contributed by atoms with van der Waals surface area (Å²) in [6.45, 7) is 5.84. The van der Waals surface area contributed by atoms with Crippen molar-refractivity contribution >= 4 is 23.3 Å². The highest BCUT2D eigenvalue weighted by Crippen LogP contribution is 2.46. The van der Waals surface area contributed by atoms with E-state index in [9.17, 15) is 13.6 Å². The van der Waals surface area contributed by atoms with Crippen LogP contribution in [0, 0.1) is 5.82 Å². The lowest BCUT2D eigenvalue weighted by Crippen LogP contribution is -2.55. The van der Waals surface area contributed by atoms with Gasteiger partial charge < -0.3 is 24.8 Å². The molecule has 3 aliphatic heterocycles. The highest BCUT2D eigenvalue weighted by atomic mass is 35.5. The Labute approximate surface area is 206 Å². The van der Waals surface area contributed by atoms with Gasteiger partial charge >= 0.3 is 0 Å². The number of carbonyl (C=O) groups excluding carboxylic acids is 1. The van der Waals surface area contributed by atoms with Crippen molar-refractivity contribution in [3.8, 4) is 17.0 Å². The second-order valence-electron chi connectivity index (χ2n) is 9.28. The minimum absolute atomic E-state index is 0.0376. The first-order valence-electron chi connectivity index (χ1n) is 11.7. The zero-order valence-corrected chi connectivity index (χ0v) is 20.3. The Kier molecular flexibility index (Phi) is 6.54. The molecule has 4 heterocycles. The first-order valence-corrected chi connectivity index (χ1v) is 12.1. The molecule has 2 fully saturated rings. The predicted molar refractivity (Wildman–Crippen MR) is 127 cm³/mol. The third kappa shape index (κ3) is 4.21. The summed E-state index contributed by atoms with van der Waals surface area (Å²) in [5.41, 5.74) is -0.837. The summed E-state index contributed by atoms with van der Waals surface area (Å²) in [6, 6.07) is 3.23. The number of likely N-dealkylation sites (N-methyl/N-ethyl adjacent to an activating group) is 1. The highest BCUT2D eigenvalue weighted by molar-refractivity contribution is 6.35. The number of piperazine rings is 2. The normalized spacial score (nSPS) is 23.1. The number of hydrogen-bond donors (Lipinski definition) is 1. The van der Waals surface area contributed by atoms with Crippen molar-refractivity contribution in [1.82, 2.24) is 20.1 Å². The number of ether oxygens (including phenoxy) is 1. The average Bonchev–Trinajstić information content (AvgIpc) is 2.97. The lowest BCUT2D eigenvalue weighted by atomic mass is 10.0. The van der Waals surface area contributed by atoms with E-state index in [1.165, 1.54) is 6.07 Å². The van der Waals surface area contributed by atoms with Gasteiger partial charge in [-0.25, -0.2) is 18.2 Å². The van der Waals surface area contributed by atoms with Gasteiger partial charge in [-0.3, -0.25) is 4.79 Å². The third-order valence-corrected chi connectivity index (χ3v) is 7.29. The molecule has 1 amide bonds. The van der Waals surface area contributed by atoms with Crippen LogP contribution in [0.25, 0.3) is 11.3 Å². The van der Waals surface area contributed by atoms with Crippen LogP contribution in [0.3, 0.4) is 0 Å². The number of hydrogen-bond acceptors (Lipinski definition) is 6. The van der Waals surface area contributed by atoms with Crippen LogP contribution in [-0.4, -0.2) is 85.7 Å². The molecule has 35 heavy (non-hydrogen) atoms. The van der Waals surface area contributed by atoms with E-state index in [-0.39, 0.29) is 58.0 Å². The van der Waals surface area contributed by atoms with Crippen molar-refractivity contribution in [2.24, 2.45) is 0 Å². The number of rotatable bonds is 3. The Balaban J connectivity index is 1.76. The molecule has 1 aromatic heterocycles. The topological polar surface area (TPSA) is 60.9 Å². The molecule has 1 aromatic carbocycles. The monoisotopic (exact) mass is 509 g/mol. The van der Waals surface area contributed by atoms with Gasteiger partial charge in [-0.1, -0.05) is 23.7 Å². The molecule has 3 aliphatic rings. The Morgan fingerprint density at radius 1 is 1.20 bits per heavy atom. The maximum absolute atomic E-state index is 15.0. The molecular weight excluding hydrogens is 483 g/mol. The number of carbonyl (C=O) groups is 1. The summed E-state index contributed by atoms with van der Waals surface area (Å²) >= 11 is 6.70. The summed E-state index contributed by atoms with van der Waals surface area (Å²) in [7, 11) is 2.00. The van der Waals surface area contributed by atoms with E-state index in [2.05, 4.69) is 15.2 Å². The Hall–Kier alpha value is -2.56. The van der Waals surface area contributed by atoms with E-state index < -0.39 is 17.8 Å². The van der Waals surface area contributed by atoms with E-state index in [4.69, 9.17) is 16.3 Å². The standard InChI is InChI=1S/C24H27ClF3N5O2/c1-13-11-31(2)8-9-32(13)23-18-21(35-12-14-10-29-6-7-33(14)24(18)34)19(25)20(30-23)17-15(22(27)28)4-3-5-16(17)26/h3-5,13-14,22,29H,6-12H2,1-2H3/t13-,14+/m0/s1. The van der Waals surface area contributed by atoms with Gasteiger partial charge in [0.05, 0.1) is 11.7 Å². The van der Waals surface area contributed by atoms with Crippen molar-refractivity contribution in [1.29, 1.82) is 0 Å². The molecule has 0 saturated carbocycles. The van der Waals surface area contributed by atoms with Crippen LogP contribution in [-0.2, 0) is 0 Å². The van der Waals surface area contributed by atoms with Crippen molar-refractivity contribution in [2.45, 2.75) is 25.4 Å². The molecule has 11 heteroatoms. The van der Waals surface area contributed by atoms with Gasteiger partial charge in [0.15, 0.2) is 5.75 Å². The maximum Gasteiger partial charge on any atom is 0.264 e. The summed E-state index contributed by atoms with van der Waals surface area (Å²) in [5, 5.41) is 3.12. The first kappa shape index (κ1) is 24.1. The van der Waals surface area contributed by atoms with Crippen LogP contribution in [0.1, 0.15) is 29.3 Å². The van der Waals surface area contributed by atoms with Crippen LogP contribution in [0.5, 0.6) is 5.75 Å². The Morgan fingerprint density at radius 2 is 2.00 bits per heavy atom. The molecule has 2 saturated heterocycles. The van der Waals surface area contributed by atoms with Gasteiger partial charge in [0.25, 0.3) is 12.3 Å². The largest absolute Gasteiger partial charge is 0.489 e. The minimum atomic E-state index is -2.94. The lowest BCUT2D eigenvalue weighted by molar-refractivity contribution is 0.0606. The van der Waals surface area contributed by atoms with Gasteiger partial charge in [0, 0.05) is 56.4 Å². The fraction of sp³-hybridized carbons (Fsp3) is 0.500. The SMILES string of the molecule is C[C@H]1CN(C)CCN1c1nc(-c2c(F)cccc2C(F)F)c(Cl)c2c1C(=O)N1CCNC[C@@H]1CO2. The first-order chi connectivity index (χ1) is 16.8. The van der Waals surface area contributed by atoms with Crippen LogP contribution in [0.15, 0.2) is 18.2 Å². The van der Waals surface area contributed by atoms with E-state index >= 15 is 4.39 Å². The molecule has 0 aliphatic carbocycles. The lowest BCUT2D eigenvalue weighted by Gasteiger charge is -2.40. The number of anilines is 1. The zero-order valence-electron chi connectivity index (χ0n) is 19.5. The average molecular weight is 510 g/mol. The van der Waals surface area contributed by atoms with Gasteiger partial charge in [-0.15, -0.1) is 0 Å². The molecule has 1 N–H and O–H groups in total. The number of aromatic nitrogens is 1. The van der Waals surface area contributed by atoms with Gasteiger partial charge in [-0.2, -0.15) is 0 Å². The molecule has 0 unspecified atom stereocenters. The second-order valence-corrected chi connectivity index (χ2v) is 9.66. The number of alkyl halides is 2. The van der Waals surface area contributed by atoms with Gasteiger partial charge in [0.1, 0.15) is 28.8 Å². The number of pyridine rings is 1. The molecule has 2 atom stereocenters. The third-order valence-electron chi connectivity index (χ3n) is 6.94. The van der Waals surface area contributed by atoms with E-state index in [1.807, 2.05) is 18.9 Å². The molecule has 2 aromatic rings. The highest BCUT2D eigenvalue weighted by Gasteiger charge is 2.40. The summed E-state index contributed by atoms with van der Waals surface area (Å²) in [4.78, 5) is 24.4. The number of nitrogens with zero attached hydrogens (tertiary/aromatic N) is 4. The number of fused-ring (bicyclic) bond motifs is 2.